The Kier molecular flexibility index (Phi) is 5.68. The summed E-state index contributed by atoms with van der Waals surface area (Å²) in [4.78, 5) is 22.8. The van der Waals surface area contributed by atoms with Gasteiger partial charge in [0.15, 0.2) is 5.65 Å². The van der Waals surface area contributed by atoms with Gasteiger partial charge in [0.1, 0.15) is 0 Å². The molecular weight excluding hydrogens is 392 g/mol. The number of carbonyl (C=O) groups is 1. The maximum Gasteiger partial charge on any atom is 0.251 e. The number of carbonyl (C=O) groups excluding carboxylic acids is 1. The van der Waals surface area contributed by atoms with Crippen LogP contribution in [0.5, 0.6) is 0 Å². The Hall–Kier alpha value is -3.38. The fourth-order valence-electron chi connectivity index (χ4n) is 3.15. The lowest BCUT2D eigenvalue weighted by atomic mass is 10.2. The van der Waals surface area contributed by atoms with Crippen LogP contribution in [0.4, 0.5) is 11.4 Å². The summed E-state index contributed by atoms with van der Waals surface area (Å²) in [6.07, 6.45) is 1.78. The number of anilines is 2. The summed E-state index contributed by atoms with van der Waals surface area (Å²) < 4.78 is 0. The molecule has 5 nitrogen and oxygen atoms in total. The molecule has 0 aliphatic carbocycles. The summed E-state index contributed by atoms with van der Waals surface area (Å²) >= 11 is 1.65. The van der Waals surface area contributed by atoms with Crippen LogP contribution in [0, 0.1) is 13.8 Å². The third kappa shape index (κ3) is 4.28. The quantitative estimate of drug-likeness (QED) is 0.451. The lowest BCUT2D eigenvalue weighted by molar-refractivity contribution is 0.0963. The van der Waals surface area contributed by atoms with E-state index >= 15 is 0 Å². The smallest absolute Gasteiger partial charge is 0.251 e. The largest absolute Gasteiger partial charge is 0.355 e. The summed E-state index contributed by atoms with van der Waals surface area (Å²) in [7, 11) is 1.63. The molecule has 0 saturated carbocycles. The van der Waals surface area contributed by atoms with E-state index in [1.54, 1.807) is 25.0 Å². The molecule has 150 valence electrons. The first-order valence-electron chi connectivity index (χ1n) is 9.63. The van der Waals surface area contributed by atoms with Gasteiger partial charge < -0.3 is 10.6 Å². The van der Waals surface area contributed by atoms with Gasteiger partial charge in [0.2, 0.25) is 0 Å². The minimum atomic E-state index is -0.0855. The number of amides is 1. The zero-order chi connectivity index (χ0) is 21.1. The fourth-order valence-corrected chi connectivity index (χ4v) is 4.04. The highest BCUT2D eigenvalue weighted by Gasteiger charge is 2.10. The molecule has 0 spiro atoms. The zero-order valence-electron chi connectivity index (χ0n) is 17.1. The fraction of sp³-hybridized carbons (Fsp3) is 0.125. The highest BCUT2D eigenvalue weighted by atomic mass is 32.2. The average Bonchev–Trinajstić information content (AvgIpc) is 2.75. The summed E-state index contributed by atoms with van der Waals surface area (Å²) in [6.45, 7) is 4.04. The molecule has 1 amide bonds. The lowest BCUT2D eigenvalue weighted by Crippen LogP contribution is -2.17. The Morgan fingerprint density at radius 2 is 1.73 bits per heavy atom. The van der Waals surface area contributed by atoms with Crippen molar-refractivity contribution < 1.29 is 4.79 Å². The van der Waals surface area contributed by atoms with Crippen LogP contribution in [0.15, 0.2) is 76.7 Å². The van der Waals surface area contributed by atoms with E-state index < -0.39 is 0 Å². The molecule has 6 heteroatoms. The molecule has 4 aromatic rings. The highest BCUT2D eigenvalue weighted by molar-refractivity contribution is 7.99. The molecule has 0 bridgehead atoms. The molecule has 0 fully saturated rings. The average molecular weight is 415 g/mol. The Morgan fingerprint density at radius 1 is 0.933 bits per heavy atom. The van der Waals surface area contributed by atoms with Crippen LogP contribution in [0.25, 0.3) is 11.0 Å². The number of nitrogens with one attached hydrogen (secondary N) is 2. The number of rotatable bonds is 5. The van der Waals surface area contributed by atoms with E-state index in [2.05, 4.69) is 45.7 Å². The van der Waals surface area contributed by atoms with Crippen molar-refractivity contribution in [3.05, 3.63) is 83.7 Å². The first-order chi connectivity index (χ1) is 14.5. The van der Waals surface area contributed by atoms with Crippen molar-refractivity contribution in [2.75, 3.05) is 12.4 Å². The molecule has 0 aliphatic heterocycles. The standard InChI is InChI=1S/C24H22N4OS/c1-15-4-11-22(30-18-8-6-17(7-9-18)24(29)25-3)21(14-15)28-20-12-13-26-23-19(20)10-5-16(2)27-23/h4-14H,1-3H3,(H,25,29)(H,26,27,28). The molecule has 30 heavy (non-hydrogen) atoms. The molecule has 2 aromatic heterocycles. The SMILES string of the molecule is CNC(=O)c1ccc(Sc2ccc(C)cc2Nc2ccnc3nc(C)ccc23)cc1. The molecule has 0 atom stereocenters. The summed E-state index contributed by atoms with van der Waals surface area (Å²) in [6, 6.07) is 20.0. The first kappa shape index (κ1) is 19.9. The Bertz CT molecular complexity index is 1220. The molecule has 2 heterocycles. The van der Waals surface area contributed by atoms with Crippen LogP contribution in [0.3, 0.4) is 0 Å². The van der Waals surface area contributed by atoms with Gasteiger partial charge in [0.05, 0.1) is 11.4 Å². The van der Waals surface area contributed by atoms with Crippen LogP contribution in [-0.4, -0.2) is 22.9 Å². The third-order valence-corrected chi connectivity index (χ3v) is 5.80. The number of nitrogens with zero attached hydrogens (tertiary/aromatic N) is 2. The van der Waals surface area contributed by atoms with E-state index in [4.69, 9.17) is 0 Å². The summed E-state index contributed by atoms with van der Waals surface area (Å²) in [5.41, 5.74) is 5.48. The summed E-state index contributed by atoms with van der Waals surface area (Å²) in [5.74, 6) is -0.0855. The van der Waals surface area contributed by atoms with Gasteiger partial charge in [0, 0.05) is 39.7 Å². The van der Waals surface area contributed by atoms with Gasteiger partial charge in [-0.05, 0) is 74.0 Å². The molecule has 4 rings (SSSR count). The first-order valence-corrected chi connectivity index (χ1v) is 10.4. The van der Waals surface area contributed by atoms with Crippen LogP contribution >= 0.6 is 11.8 Å². The second kappa shape index (κ2) is 8.55. The van der Waals surface area contributed by atoms with Crippen LogP contribution < -0.4 is 10.6 Å². The lowest BCUT2D eigenvalue weighted by Gasteiger charge is -2.14. The van der Waals surface area contributed by atoms with Gasteiger partial charge >= 0.3 is 0 Å². The van der Waals surface area contributed by atoms with Gasteiger partial charge in [-0.15, -0.1) is 0 Å². The van der Waals surface area contributed by atoms with Crippen molar-refractivity contribution in [3.8, 4) is 0 Å². The van der Waals surface area contributed by atoms with Gasteiger partial charge in [-0.1, -0.05) is 17.8 Å². The van der Waals surface area contributed by atoms with E-state index in [-0.39, 0.29) is 5.91 Å². The van der Waals surface area contributed by atoms with Crippen molar-refractivity contribution in [1.29, 1.82) is 0 Å². The molecule has 2 N–H and O–H groups in total. The van der Waals surface area contributed by atoms with Crippen LogP contribution in [0.1, 0.15) is 21.6 Å². The van der Waals surface area contributed by atoms with Crippen molar-refractivity contribution >= 4 is 40.1 Å². The molecule has 0 unspecified atom stereocenters. The molecule has 0 radical (unpaired) electrons. The second-order valence-corrected chi connectivity index (χ2v) is 8.13. The van der Waals surface area contributed by atoms with Gasteiger partial charge in [0.25, 0.3) is 5.91 Å². The number of aryl methyl sites for hydroxylation is 2. The van der Waals surface area contributed by atoms with E-state index in [1.165, 1.54) is 5.56 Å². The topological polar surface area (TPSA) is 66.9 Å². The van der Waals surface area contributed by atoms with E-state index in [0.717, 1.165) is 37.9 Å². The minimum Gasteiger partial charge on any atom is -0.355 e. The molecular formula is C24H22N4OS. The van der Waals surface area contributed by atoms with E-state index in [9.17, 15) is 4.79 Å². The Morgan fingerprint density at radius 3 is 2.50 bits per heavy atom. The minimum absolute atomic E-state index is 0.0855. The number of hydrogen-bond acceptors (Lipinski definition) is 5. The monoisotopic (exact) mass is 414 g/mol. The van der Waals surface area contributed by atoms with Crippen molar-refractivity contribution in [1.82, 2.24) is 15.3 Å². The molecule has 0 aliphatic rings. The third-order valence-electron chi connectivity index (χ3n) is 4.72. The van der Waals surface area contributed by atoms with Gasteiger partial charge in [-0.3, -0.25) is 4.79 Å². The number of benzene rings is 2. The molecule has 0 saturated heterocycles. The van der Waals surface area contributed by atoms with Gasteiger partial charge in [-0.2, -0.15) is 0 Å². The van der Waals surface area contributed by atoms with Gasteiger partial charge in [-0.25, -0.2) is 9.97 Å². The van der Waals surface area contributed by atoms with E-state index in [1.807, 2.05) is 49.4 Å². The number of fused-ring (bicyclic) bond motifs is 1. The van der Waals surface area contributed by atoms with Crippen LogP contribution in [-0.2, 0) is 0 Å². The Labute approximate surface area is 180 Å². The van der Waals surface area contributed by atoms with Crippen molar-refractivity contribution in [2.45, 2.75) is 23.6 Å². The second-order valence-electron chi connectivity index (χ2n) is 7.01. The Balaban J connectivity index is 1.65. The normalized spacial score (nSPS) is 10.8. The predicted octanol–water partition coefficient (Wildman–Crippen LogP) is 5.50. The zero-order valence-corrected chi connectivity index (χ0v) is 17.9. The highest BCUT2D eigenvalue weighted by Crippen LogP contribution is 2.36. The number of aromatic nitrogens is 2. The number of hydrogen-bond donors (Lipinski definition) is 2. The summed E-state index contributed by atoms with van der Waals surface area (Å²) in [5, 5.41) is 7.20. The maximum atomic E-state index is 11.8. The van der Waals surface area contributed by atoms with Crippen molar-refractivity contribution in [2.24, 2.45) is 0 Å². The molecule has 2 aromatic carbocycles. The van der Waals surface area contributed by atoms with Crippen molar-refractivity contribution in [3.63, 3.8) is 0 Å². The maximum absolute atomic E-state index is 11.8. The van der Waals surface area contributed by atoms with Crippen LogP contribution in [0.2, 0.25) is 0 Å². The number of pyridine rings is 2. The predicted molar refractivity (Wildman–Crippen MR) is 123 cm³/mol. The van der Waals surface area contributed by atoms with E-state index in [0.29, 0.717) is 5.56 Å².